The number of halogens is 1. The number of rotatable bonds is 5. The minimum atomic E-state index is -0.249. The van der Waals surface area contributed by atoms with E-state index in [1.54, 1.807) is 12.1 Å². The summed E-state index contributed by atoms with van der Waals surface area (Å²) in [5, 5.41) is 10.6. The van der Waals surface area contributed by atoms with Crippen molar-refractivity contribution in [2.75, 3.05) is 11.9 Å². The van der Waals surface area contributed by atoms with Gasteiger partial charge in [-0.1, -0.05) is 35.9 Å². The Morgan fingerprint density at radius 1 is 1.20 bits per heavy atom. The topological polar surface area (TPSA) is 59.0 Å². The van der Waals surface area contributed by atoms with Gasteiger partial charge in [0.1, 0.15) is 0 Å². The molecule has 1 heterocycles. The molecule has 0 saturated carbocycles. The zero-order valence-electron chi connectivity index (χ0n) is 13.9. The molecule has 5 nitrogen and oxygen atoms in total. The Kier molecular flexibility index (Phi) is 5.36. The summed E-state index contributed by atoms with van der Waals surface area (Å²) in [4.78, 5) is 12.0. The fourth-order valence-corrected chi connectivity index (χ4v) is 2.60. The van der Waals surface area contributed by atoms with Gasteiger partial charge < -0.3 is 10.6 Å². The van der Waals surface area contributed by atoms with Crippen molar-refractivity contribution in [1.29, 1.82) is 0 Å². The van der Waals surface area contributed by atoms with Crippen LogP contribution >= 0.6 is 11.6 Å². The average molecular weight is 355 g/mol. The fourth-order valence-electron chi connectivity index (χ4n) is 2.43. The summed E-state index contributed by atoms with van der Waals surface area (Å²) in [5.41, 5.74) is 3.74. The molecule has 128 valence electrons. The number of benzene rings is 2. The molecule has 3 rings (SSSR count). The summed E-state index contributed by atoms with van der Waals surface area (Å²) in [6.45, 7) is 2.44. The third kappa shape index (κ3) is 4.61. The smallest absolute Gasteiger partial charge is 0.319 e. The molecule has 25 heavy (non-hydrogen) atoms. The van der Waals surface area contributed by atoms with Crippen LogP contribution in [0.25, 0.3) is 5.69 Å². The van der Waals surface area contributed by atoms with Crippen LogP contribution in [0.1, 0.15) is 11.1 Å². The molecule has 0 unspecified atom stereocenters. The van der Waals surface area contributed by atoms with E-state index in [0.717, 1.165) is 16.8 Å². The van der Waals surface area contributed by atoms with E-state index in [4.69, 9.17) is 11.6 Å². The second kappa shape index (κ2) is 7.85. The van der Waals surface area contributed by atoms with E-state index in [9.17, 15) is 4.79 Å². The maximum Gasteiger partial charge on any atom is 0.319 e. The lowest BCUT2D eigenvalue weighted by Crippen LogP contribution is -2.30. The number of hydrogen-bond acceptors (Lipinski definition) is 2. The number of carbonyl (C=O) groups is 1. The van der Waals surface area contributed by atoms with Crippen LogP contribution < -0.4 is 10.6 Å². The molecule has 2 aromatic carbocycles. The maximum absolute atomic E-state index is 12.0. The molecular weight excluding hydrogens is 336 g/mol. The minimum Gasteiger partial charge on any atom is -0.338 e. The van der Waals surface area contributed by atoms with Crippen molar-refractivity contribution in [2.24, 2.45) is 0 Å². The number of aryl methyl sites for hydroxylation is 1. The molecule has 0 radical (unpaired) electrons. The van der Waals surface area contributed by atoms with Crippen LogP contribution in [0.3, 0.4) is 0 Å². The van der Waals surface area contributed by atoms with Gasteiger partial charge in [-0.2, -0.15) is 5.10 Å². The van der Waals surface area contributed by atoms with Gasteiger partial charge in [0.15, 0.2) is 0 Å². The highest BCUT2D eigenvalue weighted by Crippen LogP contribution is 2.19. The number of amides is 2. The Labute approximate surface area is 151 Å². The van der Waals surface area contributed by atoms with Crippen LogP contribution in [-0.4, -0.2) is 22.4 Å². The largest absolute Gasteiger partial charge is 0.338 e. The SMILES string of the molecule is Cc1ccc(Cl)cc1NC(=O)NCCc1cnn(-c2ccccc2)c1. The number of nitrogens with zero attached hydrogens (tertiary/aromatic N) is 2. The van der Waals surface area contributed by atoms with Gasteiger partial charge in [0.25, 0.3) is 0 Å². The molecule has 0 aliphatic rings. The lowest BCUT2D eigenvalue weighted by Gasteiger charge is -2.10. The molecule has 0 atom stereocenters. The van der Waals surface area contributed by atoms with Gasteiger partial charge in [-0.25, -0.2) is 9.48 Å². The van der Waals surface area contributed by atoms with Crippen molar-refractivity contribution in [2.45, 2.75) is 13.3 Å². The van der Waals surface area contributed by atoms with E-state index in [-0.39, 0.29) is 6.03 Å². The Hall–Kier alpha value is -2.79. The summed E-state index contributed by atoms with van der Waals surface area (Å²) < 4.78 is 1.82. The molecule has 2 amide bonds. The summed E-state index contributed by atoms with van der Waals surface area (Å²) in [5.74, 6) is 0. The molecule has 3 aromatic rings. The molecular formula is C19H19ClN4O. The Balaban J connectivity index is 1.50. The number of carbonyl (C=O) groups excluding carboxylic acids is 1. The third-order valence-corrected chi connectivity index (χ3v) is 4.04. The minimum absolute atomic E-state index is 0.249. The second-order valence-electron chi connectivity index (χ2n) is 5.72. The van der Waals surface area contributed by atoms with Crippen LogP contribution in [0.5, 0.6) is 0 Å². The monoisotopic (exact) mass is 354 g/mol. The van der Waals surface area contributed by atoms with E-state index < -0.39 is 0 Å². The van der Waals surface area contributed by atoms with E-state index in [1.807, 2.05) is 60.4 Å². The van der Waals surface area contributed by atoms with Gasteiger partial charge in [-0.15, -0.1) is 0 Å². The highest BCUT2D eigenvalue weighted by atomic mass is 35.5. The summed E-state index contributed by atoms with van der Waals surface area (Å²) in [6.07, 6.45) is 4.48. The lowest BCUT2D eigenvalue weighted by atomic mass is 10.2. The molecule has 6 heteroatoms. The standard InChI is InChI=1S/C19H19ClN4O/c1-14-7-8-16(20)11-18(14)23-19(25)21-10-9-15-12-22-24(13-15)17-5-3-2-4-6-17/h2-8,11-13H,9-10H2,1H3,(H2,21,23,25). The molecule has 1 aromatic heterocycles. The first-order valence-corrected chi connectivity index (χ1v) is 8.39. The van der Waals surface area contributed by atoms with Crippen LogP contribution in [0.4, 0.5) is 10.5 Å². The first kappa shape index (κ1) is 17.0. The van der Waals surface area contributed by atoms with Crippen molar-refractivity contribution in [3.63, 3.8) is 0 Å². The zero-order chi connectivity index (χ0) is 17.6. The van der Waals surface area contributed by atoms with E-state index in [2.05, 4.69) is 15.7 Å². The Bertz CT molecular complexity index is 861. The molecule has 2 N–H and O–H groups in total. The summed E-state index contributed by atoms with van der Waals surface area (Å²) in [7, 11) is 0. The second-order valence-corrected chi connectivity index (χ2v) is 6.16. The van der Waals surface area contributed by atoms with E-state index in [1.165, 1.54) is 0 Å². The number of para-hydroxylation sites is 1. The summed E-state index contributed by atoms with van der Waals surface area (Å²) >= 11 is 5.96. The number of urea groups is 1. The first-order valence-electron chi connectivity index (χ1n) is 8.02. The molecule has 0 saturated heterocycles. The zero-order valence-corrected chi connectivity index (χ0v) is 14.6. The number of nitrogens with one attached hydrogen (secondary N) is 2. The van der Waals surface area contributed by atoms with Crippen LogP contribution in [0.2, 0.25) is 5.02 Å². The fraction of sp³-hybridized carbons (Fsp3) is 0.158. The summed E-state index contributed by atoms with van der Waals surface area (Å²) in [6, 6.07) is 15.1. The first-order chi connectivity index (χ1) is 12.1. The van der Waals surface area contributed by atoms with Crippen molar-refractivity contribution in [3.05, 3.63) is 77.1 Å². The van der Waals surface area contributed by atoms with Crippen molar-refractivity contribution >= 4 is 23.3 Å². The van der Waals surface area contributed by atoms with Crippen molar-refractivity contribution in [3.8, 4) is 5.69 Å². The molecule has 0 bridgehead atoms. The van der Waals surface area contributed by atoms with E-state index >= 15 is 0 Å². The van der Waals surface area contributed by atoms with Gasteiger partial charge in [0.2, 0.25) is 0 Å². The predicted octanol–water partition coefficient (Wildman–Crippen LogP) is 4.20. The Morgan fingerprint density at radius 2 is 2.00 bits per heavy atom. The third-order valence-electron chi connectivity index (χ3n) is 3.80. The normalized spacial score (nSPS) is 10.5. The van der Waals surface area contributed by atoms with E-state index in [0.29, 0.717) is 23.7 Å². The number of aromatic nitrogens is 2. The Morgan fingerprint density at radius 3 is 2.80 bits per heavy atom. The molecule has 0 aliphatic heterocycles. The van der Waals surface area contributed by atoms with Gasteiger partial charge in [0.05, 0.1) is 11.9 Å². The lowest BCUT2D eigenvalue weighted by molar-refractivity contribution is 0.252. The van der Waals surface area contributed by atoms with Crippen LogP contribution in [0.15, 0.2) is 60.9 Å². The molecule has 0 spiro atoms. The highest BCUT2D eigenvalue weighted by molar-refractivity contribution is 6.31. The predicted molar refractivity (Wildman–Crippen MR) is 100 cm³/mol. The van der Waals surface area contributed by atoms with Gasteiger partial charge in [0, 0.05) is 23.5 Å². The van der Waals surface area contributed by atoms with Crippen LogP contribution in [0, 0.1) is 6.92 Å². The average Bonchev–Trinajstić information content (AvgIpc) is 3.08. The number of anilines is 1. The van der Waals surface area contributed by atoms with Gasteiger partial charge >= 0.3 is 6.03 Å². The maximum atomic E-state index is 12.0. The van der Waals surface area contributed by atoms with Gasteiger partial charge in [-0.05, 0) is 48.7 Å². The van der Waals surface area contributed by atoms with Crippen molar-refractivity contribution in [1.82, 2.24) is 15.1 Å². The molecule has 0 fully saturated rings. The van der Waals surface area contributed by atoms with Crippen LogP contribution in [-0.2, 0) is 6.42 Å². The number of hydrogen-bond donors (Lipinski definition) is 2. The van der Waals surface area contributed by atoms with Crippen molar-refractivity contribution < 1.29 is 4.79 Å². The van der Waals surface area contributed by atoms with Gasteiger partial charge in [-0.3, -0.25) is 0 Å². The molecule has 0 aliphatic carbocycles. The highest BCUT2D eigenvalue weighted by Gasteiger charge is 2.06. The quantitative estimate of drug-likeness (QED) is 0.721.